The largest absolute Gasteiger partial charge is 0.465 e. The number of amides is 1. The van der Waals surface area contributed by atoms with E-state index in [0.717, 1.165) is 18.7 Å². The second-order valence-corrected chi connectivity index (χ2v) is 9.73. The van der Waals surface area contributed by atoms with Gasteiger partial charge >= 0.3 is 5.97 Å². The Bertz CT molecular complexity index is 1180. The summed E-state index contributed by atoms with van der Waals surface area (Å²) >= 11 is 2.51. The summed E-state index contributed by atoms with van der Waals surface area (Å²) in [4.78, 5) is 25.3. The van der Waals surface area contributed by atoms with Crippen LogP contribution >= 0.6 is 23.1 Å². The van der Waals surface area contributed by atoms with Gasteiger partial charge in [-0.25, -0.2) is 9.18 Å². The first-order chi connectivity index (χ1) is 16.5. The number of benzene rings is 1. The van der Waals surface area contributed by atoms with Gasteiger partial charge in [0.1, 0.15) is 22.2 Å². The van der Waals surface area contributed by atoms with Gasteiger partial charge in [0.05, 0.1) is 12.9 Å². The van der Waals surface area contributed by atoms with Crippen molar-refractivity contribution in [2.24, 2.45) is 0 Å². The molecule has 7 nitrogen and oxygen atoms in total. The van der Waals surface area contributed by atoms with E-state index in [0.29, 0.717) is 33.7 Å². The van der Waals surface area contributed by atoms with Crippen molar-refractivity contribution in [1.29, 1.82) is 0 Å². The number of aromatic nitrogens is 3. The third kappa shape index (κ3) is 5.23. The Morgan fingerprint density at radius 3 is 2.71 bits per heavy atom. The first kappa shape index (κ1) is 24.2. The number of hydrogen-bond donors (Lipinski definition) is 1. The van der Waals surface area contributed by atoms with Gasteiger partial charge < -0.3 is 14.6 Å². The standard InChI is InChI=1S/C24H25FN4O3S2/c1-3-12-29-21(16-6-4-5-7-16)27-28-24(29)34-14-19(30)26-22-20(23(31)32-2)18(13-33-22)15-8-10-17(25)11-9-15/h3,8-11,13,16H,1,4-7,12,14H2,2H3,(H,26,30). The summed E-state index contributed by atoms with van der Waals surface area (Å²) in [5.74, 6) is 0.229. The van der Waals surface area contributed by atoms with Gasteiger partial charge in [0, 0.05) is 23.4 Å². The number of thiophene rings is 1. The van der Waals surface area contributed by atoms with E-state index in [1.165, 1.54) is 55.2 Å². The van der Waals surface area contributed by atoms with E-state index in [1.807, 2.05) is 4.57 Å². The molecule has 0 unspecified atom stereocenters. The van der Waals surface area contributed by atoms with Gasteiger partial charge in [-0.15, -0.1) is 28.1 Å². The second kappa shape index (κ2) is 11.0. The van der Waals surface area contributed by atoms with Crippen LogP contribution in [0.5, 0.6) is 0 Å². The van der Waals surface area contributed by atoms with Gasteiger partial charge in [0.2, 0.25) is 5.91 Å². The summed E-state index contributed by atoms with van der Waals surface area (Å²) in [7, 11) is 1.28. The minimum atomic E-state index is -0.574. The number of carbonyl (C=O) groups excluding carboxylic acids is 2. The number of hydrogen-bond acceptors (Lipinski definition) is 7. The molecule has 3 aromatic rings. The predicted molar refractivity (Wildman–Crippen MR) is 132 cm³/mol. The van der Waals surface area contributed by atoms with E-state index in [-0.39, 0.29) is 23.0 Å². The highest BCUT2D eigenvalue weighted by Crippen LogP contribution is 2.37. The zero-order valence-electron chi connectivity index (χ0n) is 18.8. The van der Waals surface area contributed by atoms with Crippen LogP contribution in [0, 0.1) is 5.82 Å². The minimum Gasteiger partial charge on any atom is -0.465 e. The lowest BCUT2D eigenvalue weighted by atomic mass is 10.0. The molecule has 1 amide bonds. The third-order valence-electron chi connectivity index (χ3n) is 5.70. The van der Waals surface area contributed by atoms with Crippen LogP contribution in [-0.4, -0.2) is 39.5 Å². The predicted octanol–water partition coefficient (Wildman–Crippen LogP) is 5.51. The van der Waals surface area contributed by atoms with E-state index >= 15 is 0 Å². The molecular weight excluding hydrogens is 475 g/mol. The number of rotatable bonds is 9. The van der Waals surface area contributed by atoms with Crippen LogP contribution in [0.4, 0.5) is 9.39 Å². The highest BCUT2D eigenvalue weighted by atomic mass is 32.2. The molecule has 34 heavy (non-hydrogen) atoms. The topological polar surface area (TPSA) is 86.1 Å². The molecule has 0 bridgehead atoms. The van der Waals surface area contributed by atoms with Crippen molar-refractivity contribution in [1.82, 2.24) is 14.8 Å². The smallest absolute Gasteiger partial charge is 0.341 e. The average molecular weight is 501 g/mol. The minimum absolute atomic E-state index is 0.102. The van der Waals surface area contributed by atoms with Crippen molar-refractivity contribution in [2.45, 2.75) is 43.3 Å². The molecule has 0 atom stereocenters. The summed E-state index contributed by atoms with van der Waals surface area (Å²) in [5, 5.41) is 14.3. The maximum atomic E-state index is 13.3. The third-order valence-corrected chi connectivity index (χ3v) is 7.56. The number of carbonyl (C=O) groups is 2. The first-order valence-electron chi connectivity index (χ1n) is 10.9. The lowest BCUT2D eigenvalue weighted by Crippen LogP contribution is -2.16. The zero-order valence-corrected chi connectivity index (χ0v) is 20.4. The highest BCUT2D eigenvalue weighted by molar-refractivity contribution is 7.99. The molecule has 0 radical (unpaired) electrons. The maximum absolute atomic E-state index is 13.3. The van der Waals surface area contributed by atoms with Crippen molar-refractivity contribution < 1.29 is 18.7 Å². The quantitative estimate of drug-likeness (QED) is 0.237. The number of anilines is 1. The number of allylic oxidation sites excluding steroid dienone is 1. The van der Waals surface area contributed by atoms with Crippen molar-refractivity contribution in [2.75, 3.05) is 18.2 Å². The molecule has 2 aromatic heterocycles. The van der Waals surface area contributed by atoms with Crippen LogP contribution in [0.25, 0.3) is 11.1 Å². The molecule has 0 aliphatic heterocycles. The van der Waals surface area contributed by atoms with Crippen LogP contribution < -0.4 is 5.32 Å². The number of nitrogens with one attached hydrogen (secondary N) is 1. The number of methoxy groups -OCH3 is 1. The molecule has 1 aliphatic carbocycles. The van der Waals surface area contributed by atoms with E-state index in [2.05, 4.69) is 22.1 Å². The van der Waals surface area contributed by atoms with Crippen molar-refractivity contribution in [3.8, 4) is 11.1 Å². The fourth-order valence-corrected chi connectivity index (χ4v) is 5.81. The van der Waals surface area contributed by atoms with E-state index < -0.39 is 5.97 Å². The Morgan fingerprint density at radius 2 is 2.03 bits per heavy atom. The van der Waals surface area contributed by atoms with Gasteiger partial charge in [-0.3, -0.25) is 4.79 Å². The fourth-order valence-electron chi connectivity index (χ4n) is 4.08. The van der Waals surface area contributed by atoms with Crippen molar-refractivity contribution in [3.05, 3.63) is 59.5 Å². The van der Waals surface area contributed by atoms with Crippen molar-refractivity contribution >= 4 is 40.0 Å². The van der Waals surface area contributed by atoms with E-state index in [1.54, 1.807) is 23.6 Å². The second-order valence-electron chi connectivity index (χ2n) is 7.91. The Hall–Kier alpha value is -2.98. The monoisotopic (exact) mass is 500 g/mol. The maximum Gasteiger partial charge on any atom is 0.341 e. The van der Waals surface area contributed by atoms with Crippen LogP contribution in [0.15, 0.2) is 47.5 Å². The summed E-state index contributed by atoms with van der Waals surface area (Å²) in [6, 6.07) is 5.81. The average Bonchev–Trinajstić information content (AvgIpc) is 3.58. The summed E-state index contributed by atoms with van der Waals surface area (Å²) in [5.41, 5.74) is 1.48. The molecule has 4 rings (SSSR count). The summed E-state index contributed by atoms with van der Waals surface area (Å²) in [6.45, 7) is 4.42. The van der Waals surface area contributed by atoms with Gasteiger partial charge in [-0.2, -0.15) is 0 Å². The van der Waals surface area contributed by atoms with Crippen LogP contribution in [0.2, 0.25) is 0 Å². The van der Waals surface area contributed by atoms with Crippen LogP contribution in [-0.2, 0) is 16.1 Å². The molecule has 178 valence electrons. The SMILES string of the molecule is C=CCn1c(SCC(=O)Nc2scc(-c3ccc(F)cc3)c2C(=O)OC)nnc1C1CCCC1. The Kier molecular flexibility index (Phi) is 7.79. The molecule has 2 heterocycles. The number of nitrogens with zero attached hydrogens (tertiary/aromatic N) is 3. The number of esters is 1. The Balaban J connectivity index is 1.49. The van der Waals surface area contributed by atoms with E-state index in [4.69, 9.17) is 4.74 Å². The Morgan fingerprint density at radius 1 is 1.29 bits per heavy atom. The normalized spacial score (nSPS) is 13.7. The van der Waals surface area contributed by atoms with Crippen LogP contribution in [0.3, 0.4) is 0 Å². The van der Waals surface area contributed by atoms with E-state index in [9.17, 15) is 14.0 Å². The molecule has 1 fully saturated rings. The van der Waals surface area contributed by atoms with Gasteiger partial charge in [0.25, 0.3) is 0 Å². The summed E-state index contributed by atoms with van der Waals surface area (Å²) in [6.07, 6.45) is 6.40. The highest BCUT2D eigenvalue weighted by Gasteiger charge is 2.25. The zero-order chi connectivity index (χ0) is 24.1. The lowest BCUT2D eigenvalue weighted by Gasteiger charge is -2.12. The van der Waals surface area contributed by atoms with Gasteiger partial charge in [-0.1, -0.05) is 42.8 Å². The summed E-state index contributed by atoms with van der Waals surface area (Å²) < 4.78 is 20.3. The molecule has 1 N–H and O–H groups in total. The van der Waals surface area contributed by atoms with Crippen LogP contribution in [0.1, 0.15) is 47.8 Å². The number of halogens is 1. The molecule has 10 heteroatoms. The molecule has 1 saturated carbocycles. The molecule has 0 saturated heterocycles. The lowest BCUT2D eigenvalue weighted by molar-refractivity contribution is -0.113. The Labute approximate surface area is 205 Å². The number of thioether (sulfide) groups is 1. The van der Waals surface area contributed by atoms with Gasteiger partial charge in [0.15, 0.2) is 5.16 Å². The molecule has 1 aromatic carbocycles. The fraction of sp³-hybridized carbons (Fsp3) is 0.333. The molecule has 0 spiro atoms. The number of ether oxygens (including phenoxy) is 1. The molecule has 1 aliphatic rings. The van der Waals surface area contributed by atoms with Crippen molar-refractivity contribution in [3.63, 3.8) is 0 Å². The van der Waals surface area contributed by atoms with Gasteiger partial charge in [-0.05, 0) is 30.5 Å². The molecular formula is C24H25FN4O3S2. The first-order valence-corrected chi connectivity index (χ1v) is 12.8.